The van der Waals surface area contributed by atoms with Crippen molar-refractivity contribution in [2.45, 2.75) is 37.5 Å². The van der Waals surface area contributed by atoms with Crippen LogP contribution in [-0.2, 0) is 16.4 Å². The van der Waals surface area contributed by atoms with Crippen LogP contribution in [0.1, 0.15) is 42.1 Å². The largest absolute Gasteiger partial charge is 0.322 e. The molecule has 0 unspecified atom stereocenters. The number of aryl methyl sites for hydroxylation is 1. The van der Waals surface area contributed by atoms with Gasteiger partial charge in [-0.25, -0.2) is 8.42 Å². The van der Waals surface area contributed by atoms with Gasteiger partial charge in [-0.15, -0.1) is 0 Å². The van der Waals surface area contributed by atoms with Crippen molar-refractivity contribution >= 4 is 21.6 Å². The Balaban J connectivity index is 1.73. The molecule has 138 valence electrons. The third kappa shape index (κ3) is 4.14. The molecule has 0 radical (unpaired) electrons. The lowest BCUT2D eigenvalue weighted by Crippen LogP contribution is -2.35. The summed E-state index contributed by atoms with van der Waals surface area (Å²) in [4.78, 5) is 12.6. The van der Waals surface area contributed by atoms with Crippen molar-refractivity contribution in [1.82, 2.24) is 4.31 Å². The Hall–Kier alpha value is -2.18. The van der Waals surface area contributed by atoms with E-state index in [4.69, 9.17) is 0 Å². The van der Waals surface area contributed by atoms with Gasteiger partial charge in [0, 0.05) is 24.3 Å². The summed E-state index contributed by atoms with van der Waals surface area (Å²) < 4.78 is 26.8. The summed E-state index contributed by atoms with van der Waals surface area (Å²) in [6, 6.07) is 13.9. The molecule has 0 aliphatic carbocycles. The monoisotopic (exact) mass is 372 g/mol. The molecule has 1 aliphatic heterocycles. The van der Waals surface area contributed by atoms with Crippen LogP contribution in [0.25, 0.3) is 0 Å². The molecule has 0 saturated carbocycles. The van der Waals surface area contributed by atoms with Gasteiger partial charge in [0.05, 0.1) is 4.90 Å². The number of hydrogen-bond donors (Lipinski definition) is 1. The molecule has 1 amide bonds. The first-order chi connectivity index (χ1) is 12.5. The van der Waals surface area contributed by atoms with Crippen LogP contribution in [0.4, 0.5) is 5.69 Å². The zero-order valence-electron chi connectivity index (χ0n) is 14.9. The Morgan fingerprint density at radius 3 is 2.38 bits per heavy atom. The van der Waals surface area contributed by atoms with Crippen LogP contribution in [-0.4, -0.2) is 31.7 Å². The zero-order valence-corrected chi connectivity index (χ0v) is 15.8. The van der Waals surface area contributed by atoms with E-state index in [0.717, 1.165) is 36.9 Å². The quantitative estimate of drug-likeness (QED) is 0.871. The van der Waals surface area contributed by atoms with Gasteiger partial charge in [0.1, 0.15) is 0 Å². The number of piperidine rings is 1. The molecule has 1 N–H and O–H groups in total. The average Bonchev–Trinajstić information content (AvgIpc) is 2.69. The molecule has 1 aliphatic rings. The fourth-order valence-corrected chi connectivity index (χ4v) is 4.62. The van der Waals surface area contributed by atoms with Crippen LogP contribution in [0.5, 0.6) is 0 Å². The van der Waals surface area contributed by atoms with Crippen LogP contribution in [0.2, 0.25) is 0 Å². The number of benzene rings is 2. The van der Waals surface area contributed by atoms with E-state index in [1.165, 1.54) is 16.4 Å². The van der Waals surface area contributed by atoms with E-state index >= 15 is 0 Å². The summed E-state index contributed by atoms with van der Waals surface area (Å²) in [7, 11) is -3.47. The second-order valence-corrected chi connectivity index (χ2v) is 8.44. The fraction of sp³-hybridized carbons (Fsp3) is 0.350. The van der Waals surface area contributed by atoms with Gasteiger partial charge < -0.3 is 5.32 Å². The van der Waals surface area contributed by atoms with Crippen LogP contribution >= 0.6 is 0 Å². The zero-order chi connectivity index (χ0) is 18.6. The highest BCUT2D eigenvalue weighted by Crippen LogP contribution is 2.21. The summed E-state index contributed by atoms with van der Waals surface area (Å²) in [5.41, 5.74) is 2.31. The number of carbonyl (C=O) groups is 1. The van der Waals surface area contributed by atoms with Crippen molar-refractivity contribution in [2.24, 2.45) is 0 Å². The number of sulfonamides is 1. The predicted octanol–water partition coefficient (Wildman–Crippen LogP) is 3.68. The smallest absolute Gasteiger partial charge is 0.255 e. The maximum absolute atomic E-state index is 12.7. The van der Waals surface area contributed by atoms with Gasteiger partial charge >= 0.3 is 0 Å². The third-order valence-corrected chi connectivity index (χ3v) is 6.58. The highest BCUT2D eigenvalue weighted by Gasteiger charge is 2.25. The molecular formula is C20H24N2O3S. The van der Waals surface area contributed by atoms with E-state index in [1.54, 1.807) is 12.1 Å². The summed E-state index contributed by atoms with van der Waals surface area (Å²) in [5, 5.41) is 2.86. The first-order valence-electron chi connectivity index (χ1n) is 9.01. The van der Waals surface area contributed by atoms with Gasteiger partial charge in [-0.05, 0) is 61.2 Å². The lowest BCUT2D eigenvalue weighted by molar-refractivity contribution is 0.102. The van der Waals surface area contributed by atoms with E-state index in [2.05, 4.69) is 12.2 Å². The molecule has 0 atom stereocenters. The van der Waals surface area contributed by atoms with Gasteiger partial charge in [-0.3, -0.25) is 4.79 Å². The highest BCUT2D eigenvalue weighted by atomic mass is 32.2. The minimum absolute atomic E-state index is 0.240. The average molecular weight is 372 g/mol. The fourth-order valence-electron chi connectivity index (χ4n) is 3.10. The number of amides is 1. The second kappa shape index (κ2) is 8.01. The van der Waals surface area contributed by atoms with Crippen LogP contribution in [0.15, 0.2) is 53.4 Å². The summed E-state index contributed by atoms with van der Waals surface area (Å²) >= 11 is 0. The maximum atomic E-state index is 12.7. The molecule has 1 heterocycles. The molecule has 0 bridgehead atoms. The van der Waals surface area contributed by atoms with Crippen molar-refractivity contribution in [2.75, 3.05) is 18.4 Å². The molecule has 1 saturated heterocycles. The minimum Gasteiger partial charge on any atom is -0.322 e. The van der Waals surface area contributed by atoms with Crippen LogP contribution < -0.4 is 5.32 Å². The van der Waals surface area contributed by atoms with Gasteiger partial charge in [0.2, 0.25) is 10.0 Å². The summed E-state index contributed by atoms with van der Waals surface area (Å²) in [5.74, 6) is -0.250. The number of hydrogen-bond acceptors (Lipinski definition) is 3. The van der Waals surface area contributed by atoms with E-state index < -0.39 is 10.0 Å². The number of nitrogens with zero attached hydrogens (tertiary/aromatic N) is 1. The maximum Gasteiger partial charge on any atom is 0.255 e. The predicted molar refractivity (Wildman–Crippen MR) is 103 cm³/mol. The van der Waals surface area contributed by atoms with E-state index in [1.807, 2.05) is 24.3 Å². The van der Waals surface area contributed by atoms with Gasteiger partial charge in [0.15, 0.2) is 0 Å². The molecule has 0 spiro atoms. The Bertz CT molecular complexity index is 870. The Kier molecular flexibility index (Phi) is 5.74. The summed E-state index contributed by atoms with van der Waals surface area (Å²) in [6.45, 7) is 3.19. The standard InChI is InChI=1S/C20H24N2O3S/c1-2-16-7-6-8-18(15-16)21-20(23)17-9-11-19(12-10-17)26(24,25)22-13-4-3-5-14-22/h6-12,15H,2-5,13-14H2,1H3,(H,21,23). The molecule has 2 aromatic carbocycles. The number of rotatable bonds is 5. The third-order valence-electron chi connectivity index (χ3n) is 4.66. The van der Waals surface area contributed by atoms with Crippen molar-refractivity contribution in [3.63, 3.8) is 0 Å². The molecule has 6 heteroatoms. The Morgan fingerprint density at radius 2 is 1.73 bits per heavy atom. The molecule has 26 heavy (non-hydrogen) atoms. The minimum atomic E-state index is -3.47. The molecule has 1 fully saturated rings. The van der Waals surface area contributed by atoms with Crippen LogP contribution in [0, 0.1) is 0 Å². The Labute approximate surface area is 155 Å². The van der Waals surface area contributed by atoms with Gasteiger partial charge in [0.25, 0.3) is 5.91 Å². The Morgan fingerprint density at radius 1 is 1.04 bits per heavy atom. The first kappa shape index (κ1) is 18.6. The van der Waals surface area contributed by atoms with Crippen molar-refractivity contribution in [1.29, 1.82) is 0 Å². The van der Waals surface area contributed by atoms with Crippen molar-refractivity contribution in [3.05, 3.63) is 59.7 Å². The first-order valence-corrected chi connectivity index (χ1v) is 10.5. The van der Waals surface area contributed by atoms with Gasteiger partial charge in [-0.1, -0.05) is 25.5 Å². The molecular weight excluding hydrogens is 348 g/mol. The van der Waals surface area contributed by atoms with Crippen LogP contribution in [0.3, 0.4) is 0 Å². The van der Waals surface area contributed by atoms with Gasteiger partial charge in [-0.2, -0.15) is 4.31 Å². The normalized spacial score (nSPS) is 15.6. The second-order valence-electron chi connectivity index (χ2n) is 6.50. The molecule has 2 aromatic rings. The SMILES string of the molecule is CCc1cccc(NC(=O)c2ccc(S(=O)(=O)N3CCCCC3)cc2)c1. The topological polar surface area (TPSA) is 66.5 Å². The highest BCUT2D eigenvalue weighted by molar-refractivity contribution is 7.89. The van der Waals surface area contributed by atoms with E-state index in [9.17, 15) is 13.2 Å². The molecule has 3 rings (SSSR count). The lowest BCUT2D eigenvalue weighted by Gasteiger charge is -2.25. The lowest BCUT2D eigenvalue weighted by atomic mass is 10.1. The van der Waals surface area contributed by atoms with Crippen molar-refractivity contribution < 1.29 is 13.2 Å². The molecule has 5 nitrogen and oxygen atoms in total. The van der Waals surface area contributed by atoms with Crippen molar-refractivity contribution in [3.8, 4) is 0 Å². The number of anilines is 1. The van der Waals surface area contributed by atoms with E-state index in [0.29, 0.717) is 18.7 Å². The summed E-state index contributed by atoms with van der Waals surface area (Å²) in [6.07, 6.45) is 3.77. The number of nitrogens with one attached hydrogen (secondary N) is 1. The number of carbonyl (C=O) groups excluding carboxylic acids is 1. The molecule has 0 aromatic heterocycles. The van der Waals surface area contributed by atoms with E-state index in [-0.39, 0.29) is 10.8 Å².